The van der Waals surface area contributed by atoms with Crippen LogP contribution in [0.3, 0.4) is 0 Å². The van der Waals surface area contributed by atoms with Gasteiger partial charge in [-0.3, -0.25) is 0 Å². The Morgan fingerprint density at radius 1 is 1.50 bits per heavy atom. The average molecular weight is 166 g/mol. The first-order valence-corrected chi connectivity index (χ1v) is 4.40. The van der Waals surface area contributed by atoms with Crippen molar-refractivity contribution in [3.05, 3.63) is 17.0 Å². The summed E-state index contributed by atoms with van der Waals surface area (Å²) in [6.07, 6.45) is 1.12. The highest BCUT2D eigenvalue weighted by Gasteiger charge is 2.20. The second-order valence-electron chi connectivity index (χ2n) is 3.53. The zero-order valence-corrected chi connectivity index (χ0v) is 7.55. The van der Waals surface area contributed by atoms with Gasteiger partial charge in [0, 0.05) is 5.56 Å². The molecule has 0 saturated carbocycles. The Morgan fingerprint density at radius 2 is 2.25 bits per heavy atom. The monoisotopic (exact) mass is 166 g/mol. The third-order valence-electron chi connectivity index (χ3n) is 2.54. The third-order valence-corrected chi connectivity index (χ3v) is 2.54. The van der Waals surface area contributed by atoms with Crippen LogP contribution in [0.1, 0.15) is 17.0 Å². The van der Waals surface area contributed by atoms with Gasteiger partial charge in [0.25, 0.3) is 0 Å². The maximum absolute atomic E-state index is 5.09. The minimum Gasteiger partial charge on any atom is -0.361 e. The van der Waals surface area contributed by atoms with Crippen molar-refractivity contribution in [2.75, 3.05) is 13.1 Å². The predicted molar refractivity (Wildman–Crippen MR) is 46.0 cm³/mol. The Morgan fingerprint density at radius 3 is 2.67 bits per heavy atom. The molecule has 1 N–H and O–H groups in total. The van der Waals surface area contributed by atoms with E-state index in [9.17, 15) is 0 Å². The summed E-state index contributed by atoms with van der Waals surface area (Å²) >= 11 is 0. The predicted octanol–water partition coefficient (Wildman–Crippen LogP) is 1.05. The molecule has 2 heterocycles. The highest BCUT2D eigenvalue weighted by atomic mass is 16.5. The second kappa shape index (κ2) is 2.90. The smallest absolute Gasteiger partial charge is 0.137 e. The molecule has 0 radical (unpaired) electrons. The molecule has 66 valence electrons. The fourth-order valence-corrected chi connectivity index (χ4v) is 1.57. The number of aryl methyl sites for hydroxylation is 2. The fraction of sp³-hybridized carbons (Fsp3) is 0.667. The summed E-state index contributed by atoms with van der Waals surface area (Å²) in [5.41, 5.74) is 2.36. The fourth-order valence-electron chi connectivity index (χ4n) is 1.57. The van der Waals surface area contributed by atoms with Crippen molar-refractivity contribution in [3.8, 4) is 0 Å². The molecule has 0 spiro atoms. The zero-order chi connectivity index (χ0) is 8.55. The lowest BCUT2D eigenvalue weighted by Gasteiger charge is -2.26. The zero-order valence-electron chi connectivity index (χ0n) is 7.55. The molecule has 12 heavy (non-hydrogen) atoms. The van der Waals surface area contributed by atoms with Crippen LogP contribution in [-0.2, 0) is 6.42 Å². The number of nitrogens with one attached hydrogen (secondary N) is 1. The number of hydrogen-bond donors (Lipinski definition) is 1. The molecule has 2 rings (SSSR count). The van der Waals surface area contributed by atoms with Crippen LogP contribution in [-0.4, -0.2) is 18.2 Å². The van der Waals surface area contributed by atoms with Gasteiger partial charge in [-0.25, -0.2) is 0 Å². The van der Waals surface area contributed by atoms with E-state index in [-0.39, 0.29) is 0 Å². The largest absolute Gasteiger partial charge is 0.361 e. The lowest BCUT2D eigenvalue weighted by atomic mass is 9.94. The van der Waals surface area contributed by atoms with Gasteiger partial charge in [-0.1, -0.05) is 5.16 Å². The summed E-state index contributed by atoms with van der Waals surface area (Å²) in [4.78, 5) is 0. The van der Waals surface area contributed by atoms with Gasteiger partial charge in [0.15, 0.2) is 0 Å². The molecule has 0 atom stereocenters. The Bertz CT molecular complexity index is 257. The van der Waals surface area contributed by atoms with Crippen LogP contribution in [0.5, 0.6) is 0 Å². The molecule has 0 unspecified atom stereocenters. The quantitative estimate of drug-likeness (QED) is 0.713. The van der Waals surface area contributed by atoms with Crippen LogP contribution < -0.4 is 5.32 Å². The van der Waals surface area contributed by atoms with E-state index in [0.717, 1.165) is 36.9 Å². The standard InChI is InChI=1S/C9H14N2O/c1-6-9(7(2)12-11-6)3-8-4-10-5-8/h8,10H,3-5H2,1-2H3. The number of hydrogen-bond acceptors (Lipinski definition) is 3. The first kappa shape index (κ1) is 7.80. The van der Waals surface area contributed by atoms with Crippen molar-refractivity contribution in [3.63, 3.8) is 0 Å². The summed E-state index contributed by atoms with van der Waals surface area (Å²) in [5, 5.41) is 7.19. The van der Waals surface area contributed by atoms with Gasteiger partial charge in [-0.05, 0) is 39.3 Å². The SMILES string of the molecule is Cc1noc(C)c1CC1CNC1. The van der Waals surface area contributed by atoms with Crippen LogP contribution in [0, 0.1) is 19.8 Å². The van der Waals surface area contributed by atoms with Gasteiger partial charge in [-0.2, -0.15) is 0 Å². The molecule has 1 aromatic rings. The van der Waals surface area contributed by atoms with Crippen molar-refractivity contribution in [1.29, 1.82) is 0 Å². The number of nitrogens with zero attached hydrogens (tertiary/aromatic N) is 1. The van der Waals surface area contributed by atoms with Crippen molar-refractivity contribution in [2.24, 2.45) is 5.92 Å². The van der Waals surface area contributed by atoms with E-state index in [1.54, 1.807) is 0 Å². The van der Waals surface area contributed by atoms with Crippen molar-refractivity contribution in [2.45, 2.75) is 20.3 Å². The van der Waals surface area contributed by atoms with E-state index >= 15 is 0 Å². The first-order valence-electron chi connectivity index (χ1n) is 4.40. The Kier molecular flexibility index (Phi) is 1.89. The normalized spacial score (nSPS) is 17.8. The topological polar surface area (TPSA) is 38.1 Å². The summed E-state index contributed by atoms with van der Waals surface area (Å²) in [5.74, 6) is 1.78. The van der Waals surface area contributed by atoms with E-state index in [0.29, 0.717) is 0 Å². The molecule has 0 aliphatic carbocycles. The van der Waals surface area contributed by atoms with Crippen molar-refractivity contribution >= 4 is 0 Å². The Labute approximate surface area is 72.1 Å². The summed E-state index contributed by atoms with van der Waals surface area (Å²) in [7, 11) is 0. The van der Waals surface area contributed by atoms with E-state index in [2.05, 4.69) is 10.5 Å². The third kappa shape index (κ3) is 1.25. The van der Waals surface area contributed by atoms with Crippen LogP contribution in [0.15, 0.2) is 4.52 Å². The number of rotatable bonds is 2. The molecule has 0 bridgehead atoms. The van der Waals surface area contributed by atoms with Crippen LogP contribution >= 0.6 is 0 Å². The molecule has 0 amide bonds. The summed E-state index contributed by atoms with van der Waals surface area (Å²) in [6.45, 7) is 6.29. The maximum Gasteiger partial charge on any atom is 0.137 e. The summed E-state index contributed by atoms with van der Waals surface area (Å²) < 4.78 is 5.09. The molecule has 0 aromatic carbocycles. The molecule has 1 fully saturated rings. The first-order chi connectivity index (χ1) is 5.77. The minimum atomic E-state index is 0.793. The molecular formula is C9H14N2O. The molecule has 1 aliphatic rings. The second-order valence-corrected chi connectivity index (χ2v) is 3.53. The van der Waals surface area contributed by atoms with Crippen molar-refractivity contribution < 1.29 is 4.52 Å². The van der Waals surface area contributed by atoms with Gasteiger partial charge >= 0.3 is 0 Å². The van der Waals surface area contributed by atoms with Gasteiger partial charge in [0.1, 0.15) is 5.76 Å². The molecule has 1 aliphatic heterocycles. The van der Waals surface area contributed by atoms with Crippen LogP contribution in [0.2, 0.25) is 0 Å². The van der Waals surface area contributed by atoms with E-state index in [4.69, 9.17) is 4.52 Å². The Hall–Kier alpha value is -0.830. The molecule has 3 nitrogen and oxygen atoms in total. The molecule has 3 heteroatoms. The number of aromatic nitrogens is 1. The Balaban J connectivity index is 2.10. The lowest BCUT2D eigenvalue weighted by Crippen LogP contribution is -2.43. The highest BCUT2D eigenvalue weighted by molar-refractivity contribution is 5.21. The van der Waals surface area contributed by atoms with Gasteiger partial charge in [-0.15, -0.1) is 0 Å². The van der Waals surface area contributed by atoms with Gasteiger partial charge < -0.3 is 9.84 Å². The van der Waals surface area contributed by atoms with E-state index in [1.807, 2.05) is 13.8 Å². The maximum atomic E-state index is 5.09. The van der Waals surface area contributed by atoms with Gasteiger partial charge in [0.05, 0.1) is 5.69 Å². The molecule has 1 saturated heterocycles. The molecular weight excluding hydrogens is 152 g/mol. The van der Waals surface area contributed by atoms with E-state index < -0.39 is 0 Å². The van der Waals surface area contributed by atoms with Crippen LogP contribution in [0.4, 0.5) is 0 Å². The van der Waals surface area contributed by atoms with Gasteiger partial charge in [0.2, 0.25) is 0 Å². The minimum absolute atomic E-state index is 0.793. The highest BCUT2D eigenvalue weighted by Crippen LogP contribution is 2.18. The summed E-state index contributed by atoms with van der Waals surface area (Å²) in [6, 6.07) is 0. The van der Waals surface area contributed by atoms with Crippen molar-refractivity contribution in [1.82, 2.24) is 10.5 Å². The molecule has 1 aromatic heterocycles. The van der Waals surface area contributed by atoms with E-state index in [1.165, 1.54) is 5.56 Å². The lowest BCUT2D eigenvalue weighted by molar-refractivity contribution is 0.343. The van der Waals surface area contributed by atoms with Crippen LogP contribution in [0.25, 0.3) is 0 Å². The average Bonchev–Trinajstić information content (AvgIpc) is 2.25.